The number of fused-ring (bicyclic) bond motifs is 1. The summed E-state index contributed by atoms with van der Waals surface area (Å²) >= 11 is 0. The highest BCUT2D eigenvalue weighted by Crippen LogP contribution is 2.40. The Morgan fingerprint density at radius 1 is 1.18 bits per heavy atom. The Balaban J connectivity index is 1.51. The second kappa shape index (κ2) is 8.69. The van der Waals surface area contributed by atoms with Crippen LogP contribution in [0.4, 0.5) is 15.8 Å². The van der Waals surface area contributed by atoms with E-state index in [4.69, 9.17) is 0 Å². The number of H-pyrrole nitrogens is 1. The maximum absolute atomic E-state index is 14.1. The number of hydrogen-bond acceptors (Lipinski definition) is 5. The quantitative estimate of drug-likeness (QED) is 0.485. The van der Waals surface area contributed by atoms with Crippen LogP contribution in [-0.2, 0) is 14.8 Å². The van der Waals surface area contributed by atoms with Gasteiger partial charge in [-0.25, -0.2) is 22.1 Å². The first kappa shape index (κ1) is 22.3. The van der Waals surface area contributed by atoms with E-state index < -0.39 is 15.8 Å². The fourth-order valence-electron chi connectivity index (χ4n) is 4.52. The molecule has 10 heteroatoms. The smallest absolute Gasteiger partial charge is 0.257 e. The molecule has 0 atom stereocenters. The highest BCUT2D eigenvalue weighted by atomic mass is 32.2. The molecule has 1 aromatic heterocycles. The summed E-state index contributed by atoms with van der Waals surface area (Å²) in [6, 6.07) is 11.8. The van der Waals surface area contributed by atoms with Crippen LogP contribution < -0.4 is 10.6 Å². The number of nitrogens with one attached hydrogen (secondary N) is 3. The lowest BCUT2D eigenvalue weighted by atomic mass is 9.94. The van der Waals surface area contributed by atoms with E-state index >= 15 is 0 Å². The number of aromatic amines is 1. The van der Waals surface area contributed by atoms with Crippen LogP contribution in [0.25, 0.3) is 11.1 Å². The third-order valence-electron chi connectivity index (χ3n) is 6.16. The largest absolute Gasteiger partial charge is 0.382 e. The Bertz CT molecular complexity index is 1380. The van der Waals surface area contributed by atoms with Crippen molar-refractivity contribution in [3.8, 4) is 0 Å². The Morgan fingerprint density at radius 3 is 2.65 bits per heavy atom. The summed E-state index contributed by atoms with van der Waals surface area (Å²) in [6.45, 7) is 0.934. The van der Waals surface area contributed by atoms with Crippen molar-refractivity contribution in [2.75, 3.05) is 30.0 Å². The minimum absolute atomic E-state index is 0.112. The van der Waals surface area contributed by atoms with Gasteiger partial charge in [0.05, 0.1) is 11.8 Å². The Kier molecular flexibility index (Phi) is 5.70. The van der Waals surface area contributed by atoms with Crippen molar-refractivity contribution in [2.45, 2.75) is 18.9 Å². The van der Waals surface area contributed by atoms with Crippen LogP contribution in [0.3, 0.4) is 0 Å². The highest BCUT2D eigenvalue weighted by Gasteiger charge is 2.31. The number of anilines is 2. The van der Waals surface area contributed by atoms with Crippen molar-refractivity contribution in [2.24, 2.45) is 0 Å². The summed E-state index contributed by atoms with van der Waals surface area (Å²) in [6.07, 6.45) is 5.85. The van der Waals surface area contributed by atoms with Crippen LogP contribution in [0, 0.1) is 5.82 Å². The van der Waals surface area contributed by atoms with Gasteiger partial charge in [0, 0.05) is 54.0 Å². The van der Waals surface area contributed by atoms with Gasteiger partial charge in [0.25, 0.3) is 5.91 Å². The van der Waals surface area contributed by atoms with Crippen LogP contribution in [-0.4, -0.2) is 54.0 Å². The summed E-state index contributed by atoms with van der Waals surface area (Å²) in [5.74, 6) is -0.226. The van der Waals surface area contributed by atoms with Crippen molar-refractivity contribution in [1.29, 1.82) is 0 Å². The van der Waals surface area contributed by atoms with Gasteiger partial charge in [0.2, 0.25) is 10.0 Å². The number of imidazole rings is 1. The lowest BCUT2D eigenvalue weighted by Gasteiger charge is -2.31. The zero-order valence-corrected chi connectivity index (χ0v) is 19.3. The van der Waals surface area contributed by atoms with Gasteiger partial charge in [0.15, 0.2) is 0 Å². The molecule has 3 aromatic rings. The molecule has 0 aliphatic carbocycles. The van der Waals surface area contributed by atoms with E-state index in [1.807, 2.05) is 18.2 Å². The molecule has 2 aliphatic heterocycles. The van der Waals surface area contributed by atoms with E-state index in [-0.39, 0.29) is 11.9 Å². The van der Waals surface area contributed by atoms with Gasteiger partial charge in [-0.05, 0) is 48.7 Å². The minimum Gasteiger partial charge on any atom is -0.382 e. The van der Waals surface area contributed by atoms with Crippen LogP contribution in [0.5, 0.6) is 0 Å². The van der Waals surface area contributed by atoms with Gasteiger partial charge in [-0.15, -0.1) is 0 Å². The van der Waals surface area contributed by atoms with E-state index in [0.29, 0.717) is 59.7 Å². The molecule has 3 heterocycles. The van der Waals surface area contributed by atoms with Crippen molar-refractivity contribution in [3.05, 3.63) is 77.6 Å². The first-order chi connectivity index (χ1) is 16.3. The average Bonchev–Trinajstić information content (AvgIpc) is 3.43. The monoisotopic (exact) mass is 481 g/mol. The van der Waals surface area contributed by atoms with Crippen LogP contribution >= 0.6 is 0 Å². The molecule has 0 unspecified atom stereocenters. The summed E-state index contributed by atoms with van der Waals surface area (Å²) in [4.78, 5) is 20.4. The van der Waals surface area contributed by atoms with E-state index in [0.717, 1.165) is 5.69 Å². The third kappa shape index (κ3) is 4.34. The summed E-state index contributed by atoms with van der Waals surface area (Å²) in [5, 5.41) is 6.37. The number of piperidine rings is 1. The maximum atomic E-state index is 14.1. The topological polar surface area (TPSA) is 107 Å². The fraction of sp³-hybridized carbons (Fsp3) is 0.250. The number of amides is 1. The highest BCUT2D eigenvalue weighted by molar-refractivity contribution is 7.88. The van der Waals surface area contributed by atoms with Crippen molar-refractivity contribution in [3.63, 3.8) is 0 Å². The average molecular weight is 482 g/mol. The Labute approximate surface area is 197 Å². The van der Waals surface area contributed by atoms with Gasteiger partial charge in [-0.1, -0.05) is 12.1 Å². The molecule has 1 saturated heterocycles. The molecule has 2 aromatic carbocycles. The second-order valence-corrected chi connectivity index (χ2v) is 10.5. The summed E-state index contributed by atoms with van der Waals surface area (Å²) in [5.41, 5.74) is 3.64. The minimum atomic E-state index is -3.19. The predicted molar refractivity (Wildman–Crippen MR) is 129 cm³/mol. The normalized spacial score (nSPS) is 18.5. The summed E-state index contributed by atoms with van der Waals surface area (Å²) < 4.78 is 39.1. The van der Waals surface area contributed by atoms with Crippen molar-refractivity contribution in [1.82, 2.24) is 14.3 Å². The van der Waals surface area contributed by atoms with E-state index in [1.54, 1.807) is 24.5 Å². The molecule has 176 valence electrons. The molecule has 0 bridgehead atoms. The predicted octanol–water partition coefficient (Wildman–Crippen LogP) is 3.30. The molecule has 34 heavy (non-hydrogen) atoms. The van der Waals surface area contributed by atoms with Gasteiger partial charge in [0.1, 0.15) is 11.6 Å². The Hall–Kier alpha value is -3.50. The molecule has 2 aliphatic rings. The number of carbonyl (C=O) groups excluding carboxylic acids is 1. The molecule has 3 N–H and O–H groups in total. The van der Waals surface area contributed by atoms with Gasteiger partial charge < -0.3 is 15.6 Å². The molecule has 1 fully saturated rings. The third-order valence-corrected chi connectivity index (χ3v) is 7.46. The van der Waals surface area contributed by atoms with E-state index in [1.165, 1.54) is 22.7 Å². The van der Waals surface area contributed by atoms with E-state index in [9.17, 15) is 17.6 Å². The number of carbonyl (C=O) groups is 1. The van der Waals surface area contributed by atoms with Crippen molar-refractivity contribution < 1.29 is 17.6 Å². The second-order valence-electron chi connectivity index (χ2n) is 8.49. The SMILES string of the molecule is CS(=O)(=O)N1CCC(Nc2ccc3c(c2)/C(=C(\c2cccc(F)c2)c2ncc[nH]2)C(=O)N3)CC1. The molecule has 0 radical (unpaired) electrons. The number of hydrogen-bond donors (Lipinski definition) is 3. The molecular formula is C24H24FN5O3S. The molecule has 1 amide bonds. The van der Waals surface area contributed by atoms with Crippen LogP contribution in [0.1, 0.15) is 29.8 Å². The lowest BCUT2D eigenvalue weighted by Crippen LogP contribution is -2.41. The number of aromatic nitrogens is 2. The zero-order chi connectivity index (χ0) is 23.9. The first-order valence-electron chi connectivity index (χ1n) is 11.0. The molecule has 5 rings (SSSR count). The van der Waals surface area contributed by atoms with Gasteiger partial charge in [-0.2, -0.15) is 0 Å². The number of benzene rings is 2. The molecule has 8 nitrogen and oxygen atoms in total. The lowest BCUT2D eigenvalue weighted by molar-refractivity contribution is -0.110. The standard InChI is InChI=1S/C24H24FN5O3S/c1-34(32,33)30-11-7-17(8-12-30)28-18-5-6-20-19(14-18)22(24(31)29-20)21(23-26-9-10-27-23)15-3-2-4-16(25)13-15/h2-6,9-10,13-14,17,28H,7-8,11-12H2,1H3,(H,26,27)(H,29,31)/b22-21-. The number of halogens is 1. The molecular weight excluding hydrogens is 457 g/mol. The number of nitrogens with zero attached hydrogens (tertiary/aromatic N) is 2. The van der Waals surface area contributed by atoms with E-state index in [2.05, 4.69) is 20.6 Å². The van der Waals surface area contributed by atoms with Crippen LogP contribution in [0.15, 0.2) is 54.9 Å². The number of sulfonamides is 1. The van der Waals surface area contributed by atoms with Gasteiger partial charge >= 0.3 is 0 Å². The first-order valence-corrected chi connectivity index (χ1v) is 12.8. The van der Waals surface area contributed by atoms with Crippen LogP contribution in [0.2, 0.25) is 0 Å². The zero-order valence-electron chi connectivity index (χ0n) is 18.5. The molecule has 0 saturated carbocycles. The maximum Gasteiger partial charge on any atom is 0.257 e. The fourth-order valence-corrected chi connectivity index (χ4v) is 5.39. The van der Waals surface area contributed by atoms with Crippen molar-refractivity contribution >= 4 is 38.5 Å². The summed E-state index contributed by atoms with van der Waals surface area (Å²) in [7, 11) is -3.19. The number of rotatable bonds is 5. The van der Waals surface area contributed by atoms with Gasteiger partial charge in [-0.3, -0.25) is 4.79 Å². The molecule has 0 spiro atoms. The Morgan fingerprint density at radius 2 is 1.97 bits per heavy atom.